The van der Waals surface area contributed by atoms with Crippen molar-refractivity contribution < 1.29 is 9.53 Å². The summed E-state index contributed by atoms with van der Waals surface area (Å²) in [5.74, 6) is 0.717. The second-order valence-corrected chi connectivity index (χ2v) is 7.04. The van der Waals surface area contributed by atoms with E-state index in [-0.39, 0.29) is 6.10 Å². The number of hydrogen-bond donors (Lipinski definition) is 0. The van der Waals surface area contributed by atoms with Gasteiger partial charge in [0.2, 0.25) is 5.91 Å². The molecule has 2 heterocycles. The van der Waals surface area contributed by atoms with Crippen molar-refractivity contribution in [3.63, 3.8) is 0 Å². The molecule has 1 aliphatic carbocycles. The lowest BCUT2D eigenvalue weighted by Crippen LogP contribution is -2.48. The number of amides is 1. The van der Waals surface area contributed by atoms with E-state index >= 15 is 0 Å². The molecule has 1 saturated carbocycles. The van der Waals surface area contributed by atoms with Gasteiger partial charge in [-0.25, -0.2) is 4.98 Å². The molecule has 0 bridgehead atoms. The van der Waals surface area contributed by atoms with Gasteiger partial charge in [0.15, 0.2) is 0 Å². The number of carbonyl (C=O) groups excluding carboxylic acids is 1. The first-order chi connectivity index (χ1) is 10.7. The molecular formula is C16H25N3O2S. The van der Waals surface area contributed by atoms with Crippen LogP contribution in [-0.2, 0) is 16.1 Å². The summed E-state index contributed by atoms with van der Waals surface area (Å²) in [7, 11) is 0. The minimum atomic E-state index is 0.0803. The van der Waals surface area contributed by atoms with Crippen molar-refractivity contribution in [1.29, 1.82) is 0 Å². The standard InChI is InChI=1S/C16H25N3O2S/c1-3-21-12(2)15-17-14(11-22-15)10-18-6-8-19(9-7-18)16(20)13-4-5-13/h11-13H,3-10H2,1-2H3/t12-/m1/s1. The second-order valence-electron chi connectivity index (χ2n) is 6.15. The number of thiazole rings is 1. The van der Waals surface area contributed by atoms with E-state index < -0.39 is 0 Å². The molecule has 0 spiro atoms. The van der Waals surface area contributed by atoms with Gasteiger partial charge in [0.25, 0.3) is 0 Å². The van der Waals surface area contributed by atoms with Gasteiger partial charge in [-0.1, -0.05) is 0 Å². The largest absolute Gasteiger partial charge is 0.372 e. The third-order valence-electron chi connectivity index (χ3n) is 4.33. The summed E-state index contributed by atoms with van der Waals surface area (Å²) in [6, 6.07) is 0. The van der Waals surface area contributed by atoms with Crippen molar-refractivity contribution in [2.24, 2.45) is 5.92 Å². The van der Waals surface area contributed by atoms with Crippen molar-refractivity contribution in [3.8, 4) is 0 Å². The summed E-state index contributed by atoms with van der Waals surface area (Å²) < 4.78 is 5.59. The summed E-state index contributed by atoms with van der Waals surface area (Å²) in [6.07, 6.45) is 2.27. The van der Waals surface area contributed by atoms with Crippen LogP contribution in [0.25, 0.3) is 0 Å². The van der Waals surface area contributed by atoms with Crippen LogP contribution in [0.15, 0.2) is 5.38 Å². The Bertz CT molecular complexity index is 507. The molecule has 1 saturated heterocycles. The van der Waals surface area contributed by atoms with E-state index in [4.69, 9.17) is 4.74 Å². The summed E-state index contributed by atoms with van der Waals surface area (Å²) >= 11 is 1.68. The zero-order valence-electron chi connectivity index (χ0n) is 13.5. The van der Waals surface area contributed by atoms with E-state index in [0.29, 0.717) is 18.4 Å². The predicted octanol–water partition coefficient (Wildman–Crippen LogP) is 2.29. The highest BCUT2D eigenvalue weighted by molar-refractivity contribution is 7.09. The molecule has 1 amide bonds. The first-order valence-corrected chi connectivity index (χ1v) is 9.12. The van der Waals surface area contributed by atoms with Crippen LogP contribution < -0.4 is 0 Å². The number of nitrogens with zero attached hydrogens (tertiary/aromatic N) is 3. The summed E-state index contributed by atoms with van der Waals surface area (Å²) in [5, 5.41) is 3.19. The Morgan fingerprint density at radius 3 is 2.77 bits per heavy atom. The van der Waals surface area contributed by atoms with Crippen LogP contribution in [0.4, 0.5) is 0 Å². The molecule has 0 unspecified atom stereocenters. The Kier molecular flexibility index (Phi) is 5.10. The van der Waals surface area contributed by atoms with E-state index in [0.717, 1.165) is 56.3 Å². The van der Waals surface area contributed by atoms with E-state index in [1.165, 1.54) is 0 Å². The highest BCUT2D eigenvalue weighted by Gasteiger charge is 2.34. The highest BCUT2D eigenvalue weighted by atomic mass is 32.1. The molecule has 122 valence electrons. The quantitative estimate of drug-likeness (QED) is 0.806. The molecule has 6 heteroatoms. The second kappa shape index (κ2) is 7.06. The van der Waals surface area contributed by atoms with E-state index in [9.17, 15) is 4.79 Å². The van der Waals surface area contributed by atoms with Gasteiger partial charge >= 0.3 is 0 Å². The lowest BCUT2D eigenvalue weighted by atomic mass is 10.2. The maximum atomic E-state index is 12.0. The van der Waals surface area contributed by atoms with Gasteiger partial charge in [-0.15, -0.1) is 11.3 Å². The van der Waals surface area contributed by atoms with Crippen molar-refractivity contribution in [3.05, 3.63) is 16.1 Å². The maximum Gasteiger partial charge on any atom is 0.225 e. The van der Waals surface area contributed by atoms with Crippen LogP contribution in [0.2, 0.25) is 0 Å². The van der Waals surface area contributed by atoms with Crippen molar-refractivity contribution in [1.82, 2.24) is 14.8 Å². The first-order valence-electron chi connectivity index (χ1n) is 8.24. The molecule has 1 aromatic rings. The zero-order valence-corrected chi connectivity index (χ0v) is 14.3. The molecule has 1 aromatic heterocycles. The average molecular weight is 323 g/mol. The molecule has 0 aromatic carbocycles. The number of hydrogen-bond acceptors (Lipinski definition) is 5. The molecule has 2 aliphatic rings. The molecule has 22 heavy (non-hydrogen) atoms. The van der Waals surface area contributed by atoms with Crippen molar-refractivity contribution in [2.45, 2.75) is 39.3 Å². The highest BCUT2D eigenvalue weighted by Crippen LogP contribution is 2.31. The van der Waals surface area contributed by atoms with Crippen molar-refractivity contribution >= 4 is 17.2 Å². The molecule has 1 aliphatic heterocycles. The maximum absolute atomic E-state index is 12.0. The minimum Gasteiger partial charge on any atom is -0.372 e. The van der Waals surface area contributed by atoms with Gasteiger partial charge in [0, 0.05) is 50.6 Å². The Balaban J connectivity index is 1.47. The Morgan fingerprint density at radius 1 is 1.41 bits per heavy atom. The lowest BCUT2D eigenvalue weighted by Gasteiger charge is -2.34. The van der Waals surface area contributed by atoms with Gasteiger partial charge in [-0.3, -0.25) is 9.69 Å². The number of carbonyl (C=O) groups is 1. The Labute approximate surface area is 136 Å². The van der Waals surface area contributed by atoms with Crippen LogP contribution in [0.1, 0.15) is 43.5 Å². The average Bonchev–Trinajstić information content (AvgIpc) is 3.27. The fourth-order valence-corrected chi connectivity index (χ4v) is 3.66. The molecule has 5 nitrogen and oxygen atoms in total. The number of piperazine rings is 1. The van der Waals surface area contributed by atoms with Crippen LogP contribution in [0.5, 0.6) is 0 Å². The number of rotatable bonds is 6. The molecule has 2 fully saturated rings. The van der Waals surface area contributed by atoms with E-state index in [2.05, 4.69) is 15.3 Å². The predicted molar refractivity (Wildman–Crippen MR) is 86.7 cm³/mol. The van der Waals surface area contributed by atoms with Gasteiger partial charge in [-0.05, 0) is 26.7 Å². The summed E-state index contributed by atoms with van der Waals surface area (Å²) in [6.45, 7) is 9.28. The van der Waals surface area contributed by atoms with E-state index in [1.54, 1.807) is 11.3 Å². The zero-order chi connectivity index (χ0) is 15.5. The summed E-state index contributed by atoms with van der Waals surface area (Å²) in [4.78, 5) is 21.2. The monoisotopic (exact) mass is 323 g/mol. The van der Waals surface area contributed by atoms with Crippen molar-refractivity contribution in [2.75, 3.05) is 32.8 Å². The van der Waals surface area contributed by atoms with Crippen LogP contribution in [0.3, 0.4) is 0 Å². The molecule has 3 rings (SSSR count). The van der Waals surface area contributed by atoms with Gasteiger partial charge in [0.05, 0.1) is 5.69 Å². The first kappa shape index (κ1) is 15.9. The third-order valence-corrected chi connectivity index (χ3v) is 5.38. The topological polar surface area (TPSA) is 45.7 Å². The number of ether oxygens (including phenoxy) is 1. The number of aromatic nitrogens is 1. The smallest absolute Gasteiger partial charge is 0.225 e. The molecule has 1 atom stereocenters. The van der Waals surface area contributed by atoms with Crippen LogP contribution in [0, 0.1) is 5.92 Å². The Hall–Kier alpha value is -0.980. The Morgan fingerprint density at radius 2 is 2.14 bits per heavy atom. The molecule has 0 radical (unpaired) electrons. The molecular weight excluding hydrogens is 298 g/mol. The van der Waals surface area contributed by atoms with Crippen LogP contribution in [-0.4, -0.2) is 53.5 Å². The van der Waals surface area contributed by atoms with Gasteiger partial charge in [-0.2, -0.15) is 0 Å². The third kappa shape index (κ3) is 3.86. The fraction of sp³-hybridized carbons (Fsp3) is 0.750. The van der Waals surface area contributed by atoms with E-state index in [1.807, 2.05) is 18.7 Å². The lowest BCUT2D eigenvalue weighted by molar-refractivity contribution is -0.134. The molecule has 0 N–H and O–H groups in total. The fourth-order valence-electron chi connectivity index (χ4n) is 2.85. The van der Waals surface area contributed by atoms with Gasteiger partial charge in [0.1, 0.15) is 11.1 Å². The SMILES string of the molecule is CCO[C@H](C)c1nc(CN2CCN(C(=O)C3CC3)CC2)cs1. The minimum absolute atomic E-state index is 0.0803. The van der Waals surface area contributed by atoms with Gasteiger partial charge < -0.3 is 9.64 Å². The normalized spacial score (nSPS) is 21.1. The van der Waals surface area contributed by atoms with Crippen LogP contribution >= 0.6 is 11.3 Å². The summed E-state index contributed by atoms with van der Waals surface area (Å²) in [5.41, 5.74) is 1.12.